The molecule has 2 N–H and O–H groups in total. The largest absolute Gasteiger partial charge is 0.367 e. The minimum Gasteiger partial charge on any atom is -0.367 e. The lowest BCUT2D eigenvalue weighted by atomic mass is 9.92. The fraction of sp³-hybridized carbons (Fsp3) is 0.500. The zero-order chi connectivity index (χ0) is 20.9. The van der Waals surface area contributed by atoms with Gasteiger partial charge in [-0.05, 0) is 55.7 Å². The van der Waals surface area contributed by atoms with Gasteiger partial charge in [0.2, 0.25) is 5.91 Å². The second-order valence-electron chi connectivity index (χ2n) is 8.20. The number of nitrogens with zero attached hydrogens (tertiary/aromatic N) is 3. The maximum atomic E-state index is 13.2. The van der Waals surface area contributed by atoms with Gasteiger partial charge in [-0.3, -0.25) is 4.79 Å². The monoisotopic (exact) mass is 415 g/mol. The molecule has 2 aromatic rings. The summed E-state index contributed by atoms with van der Waals surface area (Å²) in [6, 6.07) is 5.87. The molecule has 0 unspecified atom stereocenters. The first kappa shape index (κ1) is 20.5. The molecular weight excluding hydrogens is 388 g/mol. The van der Waals surface area contributed by atoms with E-state index in [-0.39, 0.29) is 12.5 Å². The molecular formula is C22H27F2N5O. The maximum absolute atomic E-state index is 13.2. The first-order chi connectivity index (χ1) is 14.5. The quantitative estimate of drug-likeness (QED) is 0.689. The highest BCUT2D eigenvalue weighted by molar-refractivity contribution is 5.75. The number of amides is 1. The summed E-state index contributed by atoms with van der Waals surface area (Å²) >= 11 is 0. The van der Waals surface area contributed by atoms with E-state index in [1.807, 2.05) is 6.07 Å². The van der Waals surface area contributed by atoms with Crippen LogP contribution >= 0.6 is 0 Å². The minimum atomic E-state index is -0.634. The number of anilines is 2. The van der Waals surface area contributed by atoms with Gasteiger partial charge in [0.1, 0.15) is 29.6 Å². The molecule has 30 heavy (non-hydrogen) atoms. The molecule has 0 spiro atoms. The number of carbonyl (C=O) groups excluding carboxylic acids is 1. The van der Waals surface area contributed by atoms with Gasteiger partial charge in [-0.2, -0.15) is 0 Å². The number of hydrogen-bond donors (Lipinski definition) is 2. The number of nitrogens with one attached hydrogen (secondary N) is 2. The summed E-state index contributed by atoms with van der Waals surface area (Å²) in [6.45, 7) is 1.96. The third-order valence-electron chi connectivity index (χ3n) is 5.71. The van der Waals surface area contributed by atoms with Crippen molar-refractivity contribution >= 4 is 17.5 Å². The smallest absolute Gasteiger partial charge is 0.220 e. The lowest BCUT2D eigenvalue weighted by molar-refractivity contribution is -0.121. The molecule has 8 heteroatoms. The van der Waals surface area contributed by atoms with E-state index in [0.717, 1.165) is 50.1 Å². The van der Waals surface area contributed by atoms with Crippen LogP contribution in [0.4, 0.5) is 20.4 Å². The Morgan fingerprint density at radius 3 is 2.47 bits per heavy atom. The third-order valence-corrected chi connectivity index (χ3v) is 5.71. The topological polar surface area (TPSA) is 70.2 Å². The molecule has 0 atom stereocenters. The molecule has 1 aromatic heterocycles. The Morgan fingerprint density at radius 2 is 1.77 bits per heavy atom. The number of hydrogen-bond acceptors (Lipinski definition) is 5. The van der Waals surface area contributed by atoms with Gasteiger partial charge in [0.05, 0.1) is 0 Å². The van der Waals surface area contributed by atoms with E-state index in [4.69, 9.17) is 0 Å². The third kappa shape index (κ3) is 5.87. The van der Waals surface area contributed by atoms with Crippen molar-refractivity contribution in [2.75, 3.05) is 23.3 Å². The number of carbonyl (C=O) groups is 1. The van der Waals surface area contributed by atoms with Gasteiger partial charge >= 0.3 is 0 Å². The molecule has 160 valence electrons. The van der Waals surface area contributed by atoms with Crippen molar-refractivity contribution in [3.8, 4) is 0 Å². The molecule has 0 radical (unpaired) electrons. The van der Waals surface area contributed by atoms with Crippen molar-refractivity contribution < 1.29 is 13.6 Å². The van der Waals surface area contributed by atoms with E-state index in [1.54, 1.807) is 6.33 Å². The van der Waals surface area contributed by atoms with Crippen molar-refractivity contribution in [3.63, 3.8) is 0 Å². The van der Waals surface area contributed by atoms with Crippen LogP contribution in [-0.2, 0) is 11.3 Å². The van der Waals surface area contributed by atoms with Gasteiger partial charge in [0, 0.05) is 44.2 Å². The van der Waals surface area contributed by atoms with Crippen LogP contribution in [0.15, 0.2) is 30.6 Å². The molecule has 0 bridgehead atoms. The van der Waals surface area contributed by atoms with Crippen molar-refractivity contribution in [1.29, 1.82) is 0 Å². The summed E-state index contributed by atoms with van der Waals surface area (Å²) in [4.78, 5) is 23.1. The summed E-state index contributed by atoms with van der Waals surface area (Å²) in [6.07, 6.45) is 7.28. The number of piperidine rings is 1. The molecule has 1 saturated carbocycles. The molecule has 4 rings (SSSR count). The zero-order valence-corrected chi connectivity index (χ0v) is 16.9. The second kappa shape index (κ2) is 9.36. The average molecular weight is 415 g/mol. The van der Waals surface area contributed by atoms with E-state index in [0.29, 0.717) is 23.9 Å². The van der Waals surface area contributed by atoms with Crippen LogP contribution in [0.5, 0.6) is 0 Å². The molecule has 1 aliphatic heterocycles. The number of rotatable bonds is 8. The predicted molar refractivity (Wildman–Crippen MR) is 111 cm³/mol. The predicted octanol–water partition coefficient (Wildman–Crippen LogP) is 3.64. The minimum absolute atomic E-state index is 0.0892. The van der Waals surface area contributed by atoms with E-state index in [9.17, 15) is 13.6 Å². The zero-order valence-electron chi connectivity index (χ0n) is 16.9. The molecule has 2 fully saturated rings. The second-order valence-corrected chi connectivity index (χ2v) is 8.20. The van der Waals surface area contributed by atoms with Crippen LogP contribution in [0.2, 0.25) is 0 Å². The van der Waals surface area contributed by atoms with Crippen LogP contribution < -0.4 is 15.5 Å². The van der Waals surface area contributed by atoms with E-state index < -0.39 is 11.6 Å². The first-order valence-corrected chi connectivity index (χ1v) is 10.6. The van der Waals surface area contributed by atoms with Gasteiger partial charge in [0.25, 0.3) is 0 Å². The lowest BCUT2D eigenvalue weighted by Gasteiger charge is -2.32. The molecule has 2 aliphatic rings. The highest BCUT2D eigenvalue weighted by Gasteiger charge is 2.23. The molecule has 1 aliphatic carbocycles. The normalized spacial score (nSPS) is 17.1. The first-order valence-electron chi connectivity index (χ1n) is 10.6. The Bertz CT molecular complexity index is 861. The Hall–Kier alpha value is -2.77. The van der Waals surface area contributed by atoms with Crippen molar-refractivity contribution in [2.45, 2.75) is 51.1 Å². The summed E-state index contributed by atoms with van der Waals surface area (Å²) < 4.78 is 26.4. The van der Waals surface area contributed by atoms with E-state index >= 15 is 0 Å². The molecule has 1 saturated heterocycles. The summed E-state index contributed by atoms with van der Waals surface area (Å²) in [5, 5.41) is 6.15. The van der Waals surface area contributed by atoms with Gasteiger partial charge in [-0.1, -0.05) is 0 Å². The molecule has 1 amide bonds. The maximum Gasteiger partial charge on any atom is 0.220 e. The van der Waals surface area contributed by atoms with E-state index in [2.05, 4.69) is 25.5 Å². The number of benzene rings is 1. The Balaban J connectivity index is 1.18. The molecule has 2 heterocycles. The fourth-order valence-corrected chi connectivity index (χ4v) is 3.82. The van der Waals surface area contributed by atoms with Crippen LogP contribution in [0.1, 0.15) is 44.1 Å². The van der Waals surface area contributed by atoms with Gasteiger partial charge in [-0.15, -0.1) is 0 Å². The SMILES string of the molecule is O=C(CCC1CCN(c2cc(NC3CC3)ncn2)CC1)NCc1cc(F)cc(F)c1. The highest BCUT2D eigenvalue weighted by Crippen LogP contribution is 2.28. The highest BCUT2D eigenvalue weighted by atomic mass is 19.1. The fourth-order valence-electron chi connectivity index (χ4n) is 3.82. The number of halogens is 2. The summed E-state index contributed by atoms with van der Waals surface area (Å²) in [7, 11) is 0. The average Bonchev–Trinajstić information content (AvgIpc) is 3.55. The van der Waals surface area contributed by atoms with E-state index in [1.165, 1.54) is 25.0 Å². The van der Waals surface area contributed by atoms with Crippen LogP contribution in [-0.4, -0.2) is 35.0 Å². The lowest BCUT2D eigenvalue weighted by Crippen LogP contribution is -2.34. The van der Waals surface area contributed by atoms with Gasteiger partial charge < -0.3 is 15.5 Å². The summed E-state index contributed by atoms with van der Waals surface area (Å²) in [5.74, 6) is 0.972. The van der Waals surface area contributed by atoms with Crippen LogP contribution in [0.25, 0.3) is 0 Å². The number of aromatic nitrogens is 2. The van der Waals surface area contributed by atoms with Crippen molar-refractivity contribution in [1.82, 2.24) is 15.3 Å². The molecule has 6 nitrogen and oxygen atoms in total. The van der Waals surface area contributed by atoms with Crippen LogP contribution in [0, 0.1) is 17.6 Å². The Morgan fingerprint density at radius 1 is 1.03 bits per heavy atom. The summed E-state index contributed by atoms with van der Waals surface area (Å²) in [5.41, 5.74) is 0.426. The Labute approximate surface area is 175 Å². The van der Waals surface area contributed by atoms with Crippen molar-refractivity contribution in [2.24, 2.45) is 5.92 Å². The van der Waals surface area contributed by atoms with Gasteiger partial charge in [-0.25, -0.2) is 18.7 Å². The standard InChI is InChI=1S/C22H27F2N5O/c23-17-9-16(10-18(24)11-17)13-25-22(30)4-1-15-5-7-29(8-6-15)21-12-20(26-14-27-21)28-19-2-3-19/h9-12,14-15,19H,1-8,13H2,(H,25,30)(H,26,27,28). The van der Waals surface area contributed by atoms with Gasteiger partial charge in [0.15, 0.2) is 0 Å². The molecule has 1 aromatic carbocycles. The van der Waals surface area contributed by atoms with Crippen LogP contribution in [0.3, 0.4) is 0 Å². The Kier molecular flexibility index (Phi) is 6.40. The van der Waals surface area contributed by atoms with Crippen molar-refractivity contribution in [3.05, 3.63) is 47.8 Å².